The molecule has 0 fully saturated rings. The standard InChI is InChI=1S/C11H10ClNO2/c12-6-2-1-3-8-4-5-9(13)7-10(8)11(14)15/h4-5,7H,2,6,13H2,(H,14,15). The highest BCUT2D eigenvalue weighted by molar-refractivity contribution is 6.18. The average molecular weight is 224 g/mol. The molecule has 1 aromatic rings. The molecule has 0 aliphatic carbocycles. The number of benzene rings is 1. The minimum atomic E-state index is -1.03. The van der Waals surface area contributed by atoms with Crippen LogP contribution < -0.4 is 5.73 Å². The van der Waals surface area contributed by atoms with Crippen LogP contribution in [0, 0.1) is 11.8 Å². The van der Waals surface area contributed by atoms with E-state index in [0.29, 0.717) is 23.6 Å². The van der Waals surface area contributed by atoms with E-state index >= 15 is 0 Å². The molecule has 0 unspecified atom stereocenters. The summed E-state index contributed by atoms with van der Waals surface area (Å²) in [5, 5.41) is 8.90. The zero-order valence-corrected chi connectivity index (χ0v) is 8.71. The van der Waals surface area contributed by atoms with Gasteiger partial charge in [0.1, 0.15) is 0 Å². The average Bonchev–Trinajstić information content (AvgIpc) is 2.20. The Balaban J connectivity index is 3.08. The van der Waals surface area contributed by atoms with Crippen LogP contribution in [0.2, 0.25) is 0 Å². The second-order valence-corrected chi connectivity index (χ2v) is 3.23. The van der Waals surface area contributed by atoms with Crippen molar-refractivity contribution in [3.05, 3.63) is 29.3 Å². The molecule has 0 saturated heterocycles. The first-order chi connectivity index (χ1) is 7.15. The molecule has 0 aliphatic heterocycles. The molecule has 15 heavy (non-hydrogen) atoms. The van der Waals surface area contributed by atoms with E-state index in [2.05, 4.69) is 11.8 Å². The van der Waals surface area contributed by atoms with Gasteiger partial charge in [0, 0.05) is 23.6 Å². The summed E-state index contributed by atoms with van der Waals surface area (Å²) in [5.74, 6) is 4.94. The maximum atomic E-state index is 10.9. The van der Waals surface area contributed by atoms with Crippen LogP contribution in [0.15, 0.2) is 18.2 Å². The second-order valence-electron chi connectivity index (χ2n) is 2.85. The van der Waals surface area contributed by atoms with Gasteiger partial charge in [0.15, 0.2) is 0 Å². The normalized spacial score (nSPS) is 9.13. The van der Waals surface area contributed by atoms with Gasteiger partial charge in [-0.3, -0.25) is 0 Å². The third kappa shape index (κ3) is 3.19. The number of carbonyl (C=O) groups is 1. The monoisotopic (exact) mass is 223 g/mol. The van der Waals surface area contributed by atoms with Gasteiger partial charge < -0.3 is 10.8 Å². The van der Waals surface area contributed by atoms with Crippen LogP contribution in [-0.4, -0.2) is 17.0 Å². The molecule has 0 radical (unpaired) electrons. The lowest BCUT2D eigenvalue weighted by Gasteiger charge is -2.00. The van der Waals surface area contributed by atoms with Crippen molar-refractivity contribution in [2.24, 2.45) is 0 Å². The van der Waals surface area contributed by atoms with E-state index in [9.17, 15) is 4.79 Å². The van der Waals surface area contributed by atoms with Crippen molar-refractivity contribution in [3.8, 4) is 11.8 Å². The topological polar surface area (TPSA) is 63.3 Å². The third-order valence-electron chi connectivity index (χ3n) is 1.72. The molecular formula is C11H10ClNO2. The number of alkyl halides is 1. The van der Waals surface area contributed by atoms with Crippen molar-refractivity contribution in [1.82, 2.24) is 0 Å². The van der Waals surface area contributed by atoms with Gasteiger partial charge in [-0.05, 0) is 18.2 Å². The van der Waals surface area contributed by atoms with Gasteiger partial charge in [0.2, 0.25) is 0 Å². The van der Waals surface area contributed by atoms with Crippen molar-refractivity contribution >= 4 is 23.3 Å². The zero-order valence-electron chi connectivity index (χ0n) is 7.96. The number of carboxylic acid groups (broad SMARTS) is 1. The number of rotatable bonds is 2. The molecule has 0 aliphatic rings. The van der Waals surface area contributed by atoms with Gasteiger partial charge in [-0.15, -0.1) is 11.6 Å². The highest BCUT2D eigenvalue weighted by Gasteiger charge is 2.08. The molecular weight excluding hydrogens is 214 g/mol. The van der Waals surface area contributed by atoms with E-state index in [1.165, 1.54) is 6.07 Å². The number of hydrogen-bond acceptors (Lipinski definition) is 2. The number of halogens is 1. The molecule has 4 heteroatoms. The summed E-state index contributed by atoms with van der Waals surface area (Å²) in [4.78, 5) is 10.9. The Morgan fingerprint density at radius 3 is 2.87 bits per heavy atom. The lowest BCUT2D eigenvalue weighted by molar-refractivity contribution is 0.0696. The molecule has 0 amide bonds. The van der Waals surface area contributed by atoms with E-state index in [1.807, 2.05) is 0 Å². The summed E-state index contributed by atoms with van der Waals surface area (Å²) < 4.78 is 0. The SMILES string of the molecule is Nc1ccc(C#CCCCl)c(C(=O)O)c1. The van der Waals surface area contributed by atoms with Crippen molar-refractivity contribution in [2.45, 2.75) is 6.42 Å². The summed E-state index contributed by atoms with van der Waals surface area (Å²) in [5.41, 5.74) is 6.48. The Bertz CT molecular complexity index is 432. The molecule has 1 rings (SSSR count). The van der Waals surface area contributed by atoms with Crippen LogP contribution in [0.4, 0.5) is 5.69 Å². The molecule has 0 bridgehead atoms. The van der Waals surface area contributed by atoms with E-state index < -0.39 is 5.97 Å². The zero-order chi connectivity index (χ0) is 11.3. The highest BCUT2D eigenvalue weighted by Crippen LogP contribution is 2.12. The maximum absolute atomic E-state index is 10.9. The van der Waals surface area contributed by atoms with Gasteiger partial charge in [0.25, 0.3) is 0 Å². The van der Waals surface area contributed by atoms with Crippen molar-refractivity contribution < 1.29 is 9.90 Å². The second kappa shape index (κ2) is 5.28. The van der Waals surface area contributed by atoms with Gasteiger partial charge in [-0.25, -0.2) is 4.79 Å². The van der Waals surface area contributed by atoms with E-state index in [0.717, 1.165) is 0 Å². The van der Waals surface area contributed by atoms with Crippen molar-refractivity contribution in [3.63, 3.8) is 0 Å². The van der Waals surface area contributed by atoms with Gasteiger partial charge in [0.05, 0.1) is 5.56 Å². The van der Waals surface area contributed by atoms with Crippen molar-refractivity contribution in [2.75, 3.05) is 11.6 Å². The number of carboxylic acids is 1. The fourth-order valence-electron chi connectivity index (χ4n) is 1.05. The summed E-state index contributed by atoms with van der Waals surface area (Å²) in [6, 6.07) is 4.62. The van der Waals surface area contributed by atoms with Crippen LogP contribution in [0.25, 0.3) is 0 Å². The Morgan fingerprint density at radius 1 is 1.53 bits per heavy atom. The van der Waals surface area contributed by atoms with E-state index in [-0.39, 0.29) is 5.56 Å². The molecule has 0 spiro atoms. The Hall–Kier alpha value is -1.66. The minimum absolute atomic E-state index is 0.122. The van der Waals surface area contributed by atoms with Crippen LogP contribution in [0.1, 0.15) is 22.3 Å². The van der Waals surface area contributed by atoms with E-state index in [4.69, 9.17) is 22.4 Å². The van der Waals surface area contributed by atoms with Crippen LogP contribution in [0.3, 0.4) is 0 Å². The minimum Gasteiger partial charge on any atom is -0.478 e. The summed E-state index contributed by atoms with van der Waals surface area (Å²) >= 11 is 5.46. The lowest BCUT2D eigenvalue weighted by Crippen LogP contribution is -2.01. The Morgan fingerprint density at radius 2 is 2.27 bits per heavy atom. The van der Waals surface area contributed by atoms with Crippen LogP contribution >= 0.6 is 11.6 Å². The molecule has 0 heterocycles. The smallest absolute Gasteiger partial charge is 0.337 e. The van der Waals surface area contributed by atoms with Gasteiger partial charge in [-0.2, -0.15) is 0 Å². The number of aromatic carboxylic acids is 1. The summed E-state index contributed by atoms with van der Waals surface area (Å²) in [7, 11) is 0. The molecule has 3 nitrogen and oxygen atoms in total. The summed E-state index contributed by atoms with van der Waals surface area (Å²) in [6.07, 6.45) is 0.533. The lowest BCUT2D eigenvalue weighted by atomic mass is 10.1. The van der Waals surface area contributed by atoms with Crippen LogP contribution in [0.5, 0.6) is 0 Å². The fraction of sp³-hybridized carbons (Fsp3) is 0.182. The quantitative estimate of drug-likeness (QED) is 0.458. The Kier molecular flexibility index (Phi) is 4.02. The summed E-state index contributed by atoms with van der Waals surface area (Å²) in [6.45, 7) is 0. The molecule has 0 atom stereocenters. The van der Waals surface area contributed by atoms with Crippen molar-refractivity contribution in [1.29, 1.82) is 0 Å². The predicted octanol–water partition coefficient (Wildman–Crippen LogP) is 1.95. The van der Waals surface area contributed by atoms with Crippen LogP contribution in [-0.2, 0) is 0 Å². The van der Waals surface area contributed by atoms with Gasteiger partial charge in [-0.1, -0.05) is 11.8 Å². The predicted molar refractivity (Wildman–Crippen MR) is 60.0 cm³/mol. The third-order valence-corrected chi connectivity index (χ3v) is 1.91. The highest BCUT2D eigenvalue weighted by atomic mass is 35.5. The number of nitrogens with two attached hydrogens (primary N) is 1. The fourth-order valence-corrected chi connectivity index (χ4v) is 1.15. The Labute approximate surface area is 92.9 Å². The molecule has 1 aromatic carbocycles. The largest absolute Gasteiger partial charge is 0.478 e. The molecule has 0 saturated carbocycles. The molecule has 0 aromatic heterocycles. The van der Waals surface area contributed by atoms with Gasteiger partial charge >= 0.3 is 5.97 Å². The first-order valence-electron chi connectivity index (χ1n) is 4.33. The molecule has 78 valence electrons. The number of anilines is 1. The van der Waals surface area contributed by atoms with E-state index in [1.54, 1.807) is 12.1 Å². The molecule has 3 N–H and O–H groups in total. The maximum Gasteiger partial charge on any atom is 0.337 e. The first kappa shape index (κ1) is 11.4. The number of nitrogen functional groups attached to an aromatic ring is 1. The first-order valence-corrected chi connectivity index (χ1v) is 4.86. The number of hydrogen-bond donors (Lipinski definition) is 2.